The fourth-order valence-corrected chi connectivity index (χ4v) is 3.05. The minimum Gasteiger partial charge on any atom is -1.00 e. The normalized spacial score (nSPS) is 10.9. The second-order valence-electron chi connectivity index (χ2n) is 6.70. The maximum atomic E-state index is 10.4. The summed E-state index contributed by atoms with van der Waals surface area (Å²) in [6, 6.07) is 0. The predicted octanol–water partition coefficient (Wildman–Crippen LogP) is 3.74. The van der Waals surface area contributed by atoms with Gasteiger partial charge in [-0.2, -0.15) is 0 Å². The van der Waals surface area contributed by atoms with E-state index in [4.69, 9.17) is 14.5 Å². The Kier molecular flexibility index (Phi) is 32.8. The zero-order valence-corrected chi connectivity index (χ0v) is 21.5. The van der Waals surface area contributed by atoms with E-state index >= 15 is 0 Å². The van der Waals surface area contributed by atoms with Gasteiger partial charge in [0.2, 0.25) is 0 Å². The fraction of sp³-hybridized carbons (Fsp3) is 1.00. The standard InChI is InChI=1S/C16H35O4P.C4H10O.Na.H/c1-2-3-4-5-6-7-8-9-10-11-12-13-14-15-16-20-21(17,18)19;1-3-5-4-2;;/h2-16H2,1H3,(H2,17,18,19);3-4H2,1-2H3;;/q;;+1;-1. The van der Waals surface area contributed by atoms with Crippen molar-refractivity contribution in [1.82, 2.24) is 0 Å². The SMILES string of the molecule is CCCCCCCCCCCCCCCCOP(=O)(O)O.CCOCC.[H-].[Na+]. The molecular weight excluding hydrogens is 374 g/mol. The molecule has 0 atom stereocenters. The Labute approximate surface area is 192 Å². The number of hydrogen-bond donors (Lipinski definition) is 2. The third-order valence-corrected chi connectivity index (χ3v) is 4.68. The fourth-order valence-electron chi connectivity index (χ4n) is 2.68. The Morgan fingerprint density at radius 2 is 1.00 bits per heavy atom. The van der Waals surface area contributed by atoms with E-state index < -0.39 is 7.82 Å². The van der Waals surface area contributed by atoms with Crippen LogP contribution in [0, 0.1) is 0 Å². The van der Waals surface area contributed by atoms with E-state index in [0.717, 1.165) is 32.5 Å². The number of unbranched alkanes of at least 4 members (excludes halogenated alkanes) is 13. The van der Waals surface area contributed by atoms with Gasteiger partial charge in [-0.05, 0) is 20.3 Å². The van der Waals surface area contributed by atoms with Crippen molar-refractivity contribution in [3.05, 3.63) is 0 Å². The van der Waals surface area contributed by atoms with Crippen LogP contribution in [-0.4, -0.2) is 29.6 Å². The molecule has 0 unspecified atom stereocenters. The first-order valence-electron chi connectivity index (χ1n) is 10.8. The molecule has 0 aliphatic carbocycles. The van der Waals surface area contributed by atoms with Crippen molar-refractivity contribution in [2.75, 3.05) is 19.8 Å². The molecule has 0 rings (SSSR count). The van der Waals surface area contributed by atoms with Gasteiger partial charge in [-0.1, -0.05) is 90.4 Å². The summed E-state index contributed by atoms with van der Waals surface area (Å²) in [5.41, 5.74) is 0. The Morgan fingerprint density at radius 3 is 1.26 bits per heavy atom. The van der Waals surface area contributed by atoms with Crippen LogP contribution >= 0.6 is 7.82 Å². The van der Waals surface area contributed by atoms with E-state index in [2.05, 4.69) is 11.4 Å². The Morgan fingerprint density at radius 1 is 0.667 bits per heavy atom. The smallest absolute Gasteiger partial charge is 1.00 e. The molecule has 0 amide bonds. The summed E-state index contributed by atoms with van der Waals surface area (Å²) in [7, 11) is -4.25. The maximum absolute atomic E-state index is 10.4. The van der Waals surface area contributed by atoms with Crippen LogP contribution in [0.5, 0.6) is 0 Å². The van der Waals surface area contributed by atoms with Crippen LogP contribution in [0.4, 0.5) is 0 Å². The second-order valence-corrected chi connectivity index (χ2v) is 7.94. The van der Waals surface area contributed by atoms with Crippen molar-refractivity contribution in [1.29, 1.82) is 0 Å². The van der Waals surface area contributed by atoms with Gasteiger partial charge >= 0.3 is 37.4 Å². The molecule has 0 bridgehead atoms. The van der Waals surface area contributed by atoms with Crippen molar-refractivity contribution in [2.24, 2.45) is 0 Å². The van der Waals surface area contributed by atoms with E-state index in [1.54, 1.807) is 0 Å². The van der Waals surface area contributed by atoms with Gasteiger partial charge in [-0.3, -0.25) is 4.52 Å². The molecule has 5 nitrogen and oxygen atoms in total. The van der Waals surface area contributed by atoms with Gasteiger partial charge in [0.05, 0.1) is 6.61 Å². The summed E-state index contributed by atoms with van der Waals surface area (Å²) >= 11 is 0. The van der Waals surface area contributed by atoms with E-state index in [1.165, 1.54) is 70.6 Å². The van der Waals surface area contributed by atoms with Crippen molar-refractivity contribution < 1.29 is 54.6 Å². The largest absolute Gasteiger partial charge is 1.00 e. The van der Waals surface area contributed by atoms with Gasteiger partial charge in [-0.15, -0.1) is 0 Å². The van der Waals surface area contributed by atoms with Crippen LogP contribution in [0.1, 0.15) is 112 Å². The molecule has 0 aliphatic rings. The molecule has 0 spiro atoms. The summed E-state index contributed by atoms with van der Waals surface area (Å²) < 4.78 is 19.7. The van der Waals surface area contributed by atoms with E-state index in [0.29, 0.717) is 0 Å². The molecule has 0 heterocycles. The first-order valence-corrected chi connectivity index (χ1v) is 12.3. The summed E-state index contributed by atoms with van der Waals surface area (Å²) in [4.78, 5) is 17.0. The Hall–Kier alpha value is 1.07. The van der Waals surface area contributed by atoms with Crippen molar-refractivity contribution in [3.63, 3.8) is 0 Å². The van der Waals surface area contributed by atoms with Gasteiger partial charge in [0.1, 0.15) is 0 Å². The second kappa shape index (κ2) is 27.1. The number of rotatable bonds is 18. The van der Waals surface area contributed by atoms with Crippen LogP contribution in [0.2, 0.25) is 0 Å². The molecule has 0 saturated carbocycles. The molecule has 0 aromatic heterocycles. The summed E-state index contributed by atoms with van der Waals surface area (Å²) in [5, 5.41) is 0. The topological polar surface area (TPSA) is 76.0 Å². The van der Waals surface area contributed by atoms with E-state index in [1.807, 2.05) is 13.8 Å². The monoisotopic (exact) mass is 420 g/mol. The predicted molar refractivity (Wildman–Crippen MR) is 112 cm³/mol. The first kappa shape index (κ1) is 32.7. The third kappa shape index (κ3) is 38.3. The molecule has 7 heteroatoms. The van der Waals surface area contributed by atoms with E-state index in [-0.39, 0.29) is 37.6 Å². The van der Waals surface area contributed by atoms with Gasteiger partial charge in [0.15, 0.2) is 0 Å². The average molecular weight is 421 g/mol. The third-order valence-electron chi connectivity index (χ3n) is 4.17. The van der Waals surface area contributed by atoms with Gasteiger partial charge < -0.3 is 16.0 Å². The van der Waals surface area contributed by atoms with Crippen LogP contribution in [0.25, 0.3) is 0 Å². The summed E-state index contributed by atoms with van der Waals surface area (Å²) in [6.45, 7) is 8.09. The zero-order valence-electron chi connectivity index (χ0n) is 19.6. The minimum atomic E-state index is -4.25. The number of ether oxygens (including phenoxy) is 1. The molecule has 0 radical (unpaired) electrons. The minimum absolute atomic E-state index is 0. The van der Waals surface area contributed by atoms with Crippen molar-refractivity contribution in [3.8, 4) is 0 Å². The van der Waals surface area contributed by atoms with Crippen LogP contribution < -0.4 is 29.6 Å². The average Bonchev–Trinajstić information content (AvgIpc) is 2.58. The van der Waals surface area contributed by atoms with Gasteiger partial charge in [-0.25, -0.2) is 4.57 Å². The number of phosphoric acid groups is 1. The van der Waals surface area contributed by atoms with Crippen LogP contribution in [-0.2, 0) is 13.8 Å². The molecule has 0 aromatic rings. The number of phosphoric ester groups is 1. The zero-order chi connectivity index (χ0) is 19.9. The van der Waals surface area contributed by atoms with Gasteiger partial charge in [0.25, 0.3) is 0 Å². The molecule has 0 aromatic carbocycles. The first-order chi connectivity index (χ1) is 12.5. The molecule has 162 valence electrons. The Bertz CT molecular complexity index is 304. The molecule has 27 heavy (non-hydrogen) atoms. The van der Waals surface area contributed by atoms with E-state index in [9.17, 15) is 4.57 Å². The Balaban J connectivity index is -0.000000364. The van der Waals surface area contributed by atoms with Crippen molar-refractivity contribution >= 4 is 7.82 Å². The summed E-state index contributed by atoms with van der Waals surface area (Å²) in [5.74, 6) is 0. The van der Waals surface area contributed by atoms with Crippen LogP contribution in [0.15, 0.2) is 0 Å². The van der Waals surface area contributed by atoms with Crippen LogP contribution in [0.3, 0.4) is 0 Å². The van der Waals surface area contributed by atoms with Crippen molar-refractivity contribution in [2.45, 2.75) is 111 Å². The maximum Gasteiger partial charge on any atom is 1.00 e. The molecule has 0 fully saturated rings. The number of hydrogen-bond acceptors (Lipinski definition) is 3. The molecule has 0 saturated heterocycles. The van der Waals surface area contributed by atoms with Gasteiger partial charge in [0, 0.05) is 13.2 Å². The molecule has 0 aliphatic heterocycles. The molecule has 2 N–H and O–H groups in total. The molecular formula is C20H46NaO5P. The quantitative estimate of drug-likeness (QED) is 0.201. The summed E-state index contributed by atoms with van der Waals surface area (Å²) in [6.07, 6.45) is 17.8.